The molecule has 1 aliphatic heterocycles. The number of aromatic amines is 1. The first-order valence-corrected chi connectivity index (χ1v) is 8.69. The summed E-state index contributed by atoms with van der Waals surface area (Å²) in [6, 6.07) is 8.09. The highest BCUT2D eigenvalue weighted by Gasteiger charge is 2.21. The highest BCUT2D eigenvalue weighted by Crippen LogP contribution is 2.15. The van der Waals surface area contributed by atoms with Crippen LogP contribution in [0.3, 0.4) is 0 Å². The fourth-order valence-electron chi connectivity index (χ4n) is 3.25. The lowest BCUT2D eigenvalue weighted by atomic mass is 10.1. The molecule has 5 nitrogen and oxygen atoms in total. The van der Waals surface area contributed by atoms with Gasteiger partial charge in [-0.05, 0) is 36.4 Å². The molecule has 1 aromatic heterocycles. The van der Waals surface area contributed by atoms with E-state index in [1.807, 2.05) is 36.9 Å². The summed E-state index contributed by atoms with van der Waals surface area (Å²) < 4.78 is 0. The van der Waals surface area contributed by atoms with E-state index in [1.54, 1.807) is 0 Å². The number of rotatable bonds is 4. The third kappa shape index (κ3) is 3.67. The van der Waals surface area contributed by atoms with Gasteiger partial charge in [-0.2, -0.15) is 0 Å². The molecule has 1 fully saturated rings. The first-order chi connectivity index (χ1) is 11.6. The predicted octanol–water partition coefficient (Wildman–Crippen LogP) is 2.28. The van der Waals surface area contributed by atoms with Crippen LogP contribution in [-0.4, -0.2) is 46.9 Å². The van der Waals surface area contributed by atoms with E-state index in [2.05, 4.69) is 16.0 Å². The molecule has 2 aromatic rings. The Morgan fingerprint density at radius 1 is 1.17 bits per heavy atom. The van der Waals surface area contributed by atoms with Gasteiger partial charge >= 0.3 is 0 Å². The predicted molar refractivity (Wildman–Crippen MR) is 96.1 cm³/mol. The lowest BCUT2D eigenvalue weighted by Gasteiger charge is -2.34. The van der Waals surface area contributed by atoms with Gasteiger partial charge in [0.15, 0.2) is 0 Å². The van der Waals surface area contributed by atoms with Gasteiger partial charge in [0, 0.05) is 50.2 Å². The number of hydrogen-bond acceptors (Lipinski definition) is 3. The zero-order chi connectivity index (χ0) is 17.1. The fraction of sp³-hybridized carbons (Fsp3) is 0.474. The number of amides is 1. The Morgan fingerprint density at radius 3 is 2.62 bits per heavy atom. The molecule has 5 heteroatoms. The summed E-state index contributed by atoms with van der Waals surface area (Å²) in [5.74, 6) is 0.246. The van der Waals surface area contributed by atoms with Crippen molar-refractivity contribution in [3.63, 3.8) is 0 Å². The van der Waals surface area contributed by atoms with Gasteiger partial charge in [-0.25, -0.2) is 0 Å². The standard InChI is InChI=1S/C19H25N3O2/c1-3-4-18(23)22-9-7-21(8-10-22)13-16-12-15-6-5-14(2)11-17(15)20-19(16)24/h5-6,11-12H,3-4,7-10,13H2,1-2H3,(H,20,24). The first kappa shape index (κ1) is 16.7. The minimum absolute atomic E-state index is 0.0161. The van der Waals surface area contributed by atoms with Gasteiger partial charge in [-0.15, -0.1) is 0 Å². The largest absolute Gasteiger partial charge is 0.340 e. The average molecular weight is 327 g/mol. The summed E-state index contributed by atoms with van der Waals surface area (Å²) in [6.07, 6.45) is 1.52. The van der Waals surface area contributed by atoms with Crippen LogP contribution in [0, 0.1) is 6.92 Å². The Kier molecular flexibility index (Phi) is 5.00. The second-order valence-electron chi connectivity index (χ2n) is 6.62. The molecular weight excluding hydrogens is 302 g/mol. The molecule has 128 valence electrons. The minimum atomic E-state index is -0.0161. The molecule has 1 N–H and O–H groups in total. The second-order valence-corrected chi connectivity index (χ2v) is 6.62. The number of carbonyl (C=O) groups is 1. The van der Waals surface area contributed by atoms with Gasteiger partial charge in [-0.1, -0.05) is 19.1 Å². The summed E-state index contributed by atoms with van der Waals surface area (Å²) >= 11 is 0. The monoisotopic (exact) mass is 327 g/mol. The summed E-state index contributed by atoms with van der Waals surface area (Å²) in [7, 11) is 0. The van der Waals surface area contributed by atoms with Crippen molar-refractivity contribution in [2.45, 2.75) is 33.2 Å². The van der Waals surface area contributed by atoms with Crippen LogP contribution in [0.4, 0.5) is 0 Å². The number of nitrogens with one attached hydrogen (secondary N) is 1. The number of benzene rings is 1. The topological polar surface area (TPSA) is 56.4 Å². The first-order valence-electron chi connectivity index (χ1n) is 8.69. The number of pyridine rings is 1. The molecule has 0 aliphatic carbocycles. The second kappa shape index (κ2) is 7.18. The molecule has 0 spiro atoms. The van der Waals surface area contributed by atoms with E-state index in [0.29, 0.717) is 13.0 Å². The van der Waals surface area contributed by atoms with Crippen molar-refractivity contribution in [3.8, 4) is 0 Å². The van der Waals surface area contributed by atoms with Gasteiger partial charge in [0.1, 0.15) is 0 Å². The van der Waals surface area contributed by atoms with Crippen molar-refractivity contribution >= 4 is 16.8 Å². The van der Waals surface area contributed by atoms with E-state index < -0.39 is 0 Å². The number of aromatic nitrogens is 1. The zero-order valence-corrected chi connectivity index (χ0v) is 14.5. The number of piperazine rings is 1. The van der Waals surface area contributed by atoms with E-state index >= 15 is 0 Å². The van der Waals surface area contributed by atoms with Gasteiger partial charge in [0.25, 0.3) is 5.56 Å². The van der Waals surface area contributed by atoms with E-state index in [1.165, 1.54) is 0 Å². The van der Waals surface area contributed by atoms with Crippen LogP contribution >= 0.6 is 0 Å². The van der Waals surface area contributed by atoms with Crippen LogP contribution in [0.2, 0.25) is 0 Å². The van der Waals surface area contributed by atoms with Crippen LogP contribution in [0.15, 0.2) is 29.1 Å². The van der Waals surface area contributed by atoms with E-state index in [0.717, 1.165) is 54.6 Å². The summed E-state index contributed by atoms with van der Waals surface area (Å²) in [4.78, 5) is 31.4. The fourth-order valence-corrected chi connectivity index (χ4v) is 3.25. The Bertz CT molecular complexity index is 789. The molecule has 1 saturated heterocycles. The molecule has 24 heavy (non-hydrogen) atoms. The van der Waals surface area contributed by atoms with E-state index in [4.69, 9.17) is 0 Å². The maximum Gasteiger partial charge on any atom is 0.252 e. The van der Waals surface area contributed by atoms with Crippen molar-refractivity contribution < 1.29 is 4.79 Å². The highest BCUT2D eigenvalue weighted by molar-refractivity contribution is 5.79. The number of hydrogen-bond donors (Lipinski definition) is 1. The van der Waals surface area contributed by atoms with Crippen LogP contribution in [0.5, 0.6) is 0 Å². The molecule has 3 rings (SSSR count). The number of nitrogens with zero attached hydrogens (tertiary/aromatic N) is 2. The molecule has 0 saturated carbocycles. The lowest BCUT2D eigenvalue weighted by Crippen LogP contribution is -2.48. The number of aryl methyl sites for hydroxylation is 1. The van der Waals surface area contributed by atoms with Crippen LogP contribution < -0.4 is 5.56 Å². The molecule has 1 aliphatic rings. The maximum absolute atomic E-state index is 12.3. The summed E-state index contributed by atoms with van der Waals surface area (Å²) in [5.41, 5.74) is 2.80. The molecule has 0 unspecified atom stereocenters. The Hall–Kier alpha value is -2.14. The van der Waals surface area contributed by atoms with Crippen molar-refractivity contribution in [1.82, 2.24) is 14.8 Å². The molecule has 0 atom stereocenters. The molecule has 2 heterocycles. The van der Waals surface area contributed by atoms with Crippen molar-refractivity contribution in [1.29, 1.82) is 0 Å². The molecule has 1 aromatic carbocycles. The minimum Gasteiger partial charge on any atom is -0.340 e. The third-order valence-corrected chi connectivity index (χ3v) is 4.66. The van der Waals surface area contributed by atoms with Crippen LogP contribution in [-0.2, 0) is 11.3 Å². The Morgan fingerprint density at radius 2 is 1.92 bits per heavy atom. The van der Waals surface area contributed by atoms with Gasteiger partial charge in [0.05, 0.1) is 0 Å². The summed E-state index contributed by atoms with van der Waals surface area (Å²) in [6.45, 7) is 7.83. The maximum atomic E-state index is 12.3. The highest BCUT2D eigenvalue weighted by atomic mass is 16.2. The summed E-state index contributed by atoms with van der Waals surface area (Å²) in [5, 5.41) is 1.06. The molecular formula is C19H25N3O2. The van der Waals surface area contributed by atoms with Gasteiger partial charge < -0.3 is 9.88 Å². The molecule has 1 amide bonds. The van der Waals surface area contributed by atoms with E-state index in [-0.39, 0.29) is 11.5 Å². The van der Waals surface area contributed by atoms with Crippen molar-refractivity contribution in [2.24, 2.45) is 0 Å². The Labute approximate surface area is 142 Å². The van der Waals surface area contributed by atoms with Gasteiger partial charge in [-0.3, -0.25) is 14.5 Å². The third-order valence-electron chi connectivity index (χ3n) is 4.66. The smallest absolute Gasteiger partial charge is 0.252 e. The zero-order valence-electron chi connectivity index (χ0n) is 14.5. The quantitative estimate of drug-likeness (QED) is 0.937. The Balaban J connectivity index is 1.68. The molecule has 0 bridgehead atoms. The SMILES string of the molecule is CCCC(=O)N1CCN(Cc2cc3ccc(C)cc3[nH]c2=O)CC1. The number of fused-ring (bicyclic) bond motifs is 1. The van der Waals surface area contributed by atoms with Crippen molar-refractivity contribution in [2.75, 3.05) is 26.2 Å². The number of carbonyl (C=O) groups excluding carboxylic acids is 1. The van der Waals surface area contributed by atoms with Crippen LogP contribution in [0.25, 0.3) is 10.9 Å². The van der Waals surface area contributed by atoms with Crippen LogP contribution in [0.1, 0.15) is 30.9 Å². The lowest BCUT2D eigenvalue weighted by molar-refractivity contribution is -0.133. The van der Waals surface area contributed by atoms with E-state index in [9.17, 15) is 9.59 Å². The van der Waals surface area contributed by atoms with Crippen molar-refractivity contribution in [3.05, 3.63) is 45.7 Å². The normalized spacial score (nSPS) is 15.8. The van der Waals surface area contributed by atoms with Gasteiger partial charge in [0.2, 0.25) is 5.91 Å². The molecule has 0 radical (unpaired) electrons. The number of H-pyrrole nitrogens is 1. The average Bonchev–Trinajstić information content (AvgIpc) is 2.56.